The number of hydrogen-bond acceptors (Lipinski definition) is 3. The predicted octanol–water partition coefficient (Wildman–Crippen LogP) is 3.87. The first kappa shape index (κ1) is 19.9. The number of anilines is 1. The monoisotopic (exact) mass is 395 g/mol. The van der Waals surface area contributed by atoms with Crippen molar-refractivity contribution in [3.8, 4) is 0 Å². The third-order valence-electron chi connectivity index (χ3n) is 6.37. The number of aryl methyl sites for hydroxylation is 1. The molecule has 1 fully saturated rings. The molecule has 29 heavy (non-hydrogen) atoms. The third kappa shape index (κ3) is 4.61. The summed E-state index contributed by atoms with van der Waals surface area (Å²) < 4.78 is 13.1. The highest BCUT2D eigenvalue weighted by molar-refractivity contribution is 5.76. The summed E-state index contributed by atoms with van der Waals surface area (Å²) in [6.07, 6.45) is 4.10. The van der Waals surface area contributed by atoms with Crippen LogP contribution in [0.3, 0.4) is 0 Å². The zero-order chi connectivity index (χ0) is 20.2. The highest BCUT2D eigenvalue weighted by atomic mass is 19.1. The van der Waals surface area contributed by atoms with Crippen molar-refractivity contribution in [3.63, 3.8) is 0 Å². The maximum atomic E-state index is 13.1. The van der Waals surface area contributed by atoms with Gasteiger partial charge in [-0.3, -0.25) is 9.69 Å². The number of carbonyl (C=O) groups is 1. The standard InChI is InChI=1S/C24H30FN3O/c1-26(23-8-4-6-19-5-2-3-7-22(19)23)14-13-24(29)28-17-15-27(16-18-28)21-11-9-20(25)10-12-21/h2-3,5,7,9-12,23H,4,6,8,13-18H2,1H3/t23-/m1/s1. The largest absolute Gasteiger partial charge is 0.368 e. The first-order valence-electron chi connectivity index (χ1n) is 10.7. The Morgan fingerprint density at radius 3 is 2.55 bits per heavy atom. The SMILES string of the molecule is CN(CCC(=O)N1CCN(c2ccc(F)cc2)CC1)[C@@H]1CCCc2ccccc21. The average Bonchev–Trinajstić information content (AvgIpc) is 2.77. The van der Waals surface area contributed by atoms with E-state index in [1.165, 1.54) is 29.7 Å². The first-order valence-corrected chi connectivity index (χ1v) is 10.7. The first-order chi connectivity index (χ1) is 14.1. The molecule has 0 spiro atoms. The second kappa shape index (κ2) is 8.95. The summed E-state index contributed by atoms with van der Waals surface area (Å²) in [6, 6.07) is 15.7. The van der Waals surface area contributed by atoms with Gasteiger partial charge in [-0.15, -0.1) is 0 Å². The minimum Gasteiger partial charge on any atom is -0.368 e. The maximum Gasteiger partial charge on any atom is 0.223 e. The molecule has 0 N–H and O–H groups in total. The van der Waals surface area contributed by atoms with E-state index >= 15 is 0 Å². The molecule has 4 nitrogen and oxygen atoms in total. The average molecular weight is 396 g/mol. The summed E-state index contributed by atoms with van der Waals surface area (Å²) >= 11 is 0. The zero-order valence-corrected chi connectivity index (χ0v) is 17.2. The number of hydrogen-bond donors (Lipinski definition) is 0. The smallest absolute Gasteiger partial charge is 0.223 e. The molecular formula is C24H30FN3O. The highest BCUT2D eigenvalue weighted by Gasteiger charge is 2.25. The zero-order valence-electron chi connectivity index (χ0n) is 17.2. The number of fused-ring (bicyclic) bond motifs is 1. The molecule has 2 aliphatic rings. The number of piperazine rings is 1. The summed E-state index contributed by atoms with van der Waals surface area (Å²) in [5, 5.41) is 0. The van der Waals surface area contributed by atoms with Gasteiger partial charge in [0, 0.05) is 50.9 Å². The fourth-order valence-corrected chi connectivity index (χ4v) is 4.64. The second-order valence-corrected chi connectivity index (χ2v) is 8.18. The Labute approximate surface area is 172 Å². The van der Waals surface area contributed by atoms with Crippen molar-refractivity contribution in [2.24, 2.45) is 0 Å². The number of carbonyl (C=O) groups excluding carboxylic acids is 1. The molecule has 1 heterocycles. The molecule has 1 atom stereocenters. The molecule has 4 rings (SSSR count). The molecule has 0 saturated carbocycles. The molecule has 2 aromatic rings. The van der Waals surface area contributed by atoms with E-state index in [4.69, 9.17) is 0 Å². The number of rotatable bonds is 5. The molecule has 2 aromatic carbocycles. The van der Waals surface area contributed by atoms with Crippen molar-refractivity contribution in [3.05, 3.63) is 65.5 Å². The Morgan fingerprint density at radius 2 is 1.79 bits per heavy atom. The van der Waals surface area contributed by atoms with Crippen LogP contribution in [0.2, 0.25) is 0 Å². The van der Waals surface area contributed by atoms with Crippen molar-refractivity contribution in [1.82, 2.24) is 9.80 Å². The third-order valence-corrected chi connectivity index (χ3v) is 6.37. The van der Waals surface area contributed by atoms with Gasteiger partial charge in [-0.25, -0.2) is 4.39 Å². The van der Waals surface area contributed by atoms with Gasteiger partial charge in [-0.2, -0.15) is 0 Å². The molecule has 1 amide bonds. The summed E-state index contributed by atoms with van der Waals surface area (Å²) in [5.41, 5.74) is 3.91. The van der Waals surface area contributed by atoms with Crippen LogP contribution < -0.4 is 4.90 Å². The van der Waals surface area contributed by atoms with E-state index in [-0.39, 0.29) is 11.7 Å². The van der Waals surface area contributed by atoms with Crippen molar-refractivity contribution in [2.75, 3.05) is 44.7 Å². The van der Waals surface area contributed by atoms with Crippen LogP contribution in [0.5, 0.6) is 0 Å². The quantitative estimate of drug-likeness (QED) is 0.769. The van der Waals surface area contributed by atoms with Crippen molar-refractivity contribution < 1.29 is 9.18 Å². The molecule has 1 aliphatic heterocycles. The van der Waals surface area contributed by atoms with Gasteiger partial charge >= 0.3 is 0 Å². The van der Waals surface area contributed by atoms with Crippen molar-refractivity contribution in [2.45, 2.75) is 31.7 Å². The van der Waals surface area contributed by atoms with Crippen LogP contribution >= 0.6 is 0 Å². The van der Waals surface area contributed by atoms with Gasteiger partial charge < -0.3 is 9.80 Å². The van der Waals surface area contributed by atoms with E-state index in [9.17, 15) is 9.18 Å². The normalized spacial score (nSPS) is 19.3. The second-order valence-electron chi connectivity index (χ2n) is 8.18. The number of nitrogens with zero attached hydrogens (tertiary/aromatic N) is 3. The van der Waals surface area contributed by atoms with Gasteiger partial charge in [0.1, 0.15) is 5.82 Å². The van der Waals surface area contributed by atoms with E-state index in [2.05, 4.69) is 41.1 Å². The van der Waals surface area contributed by atoms with E-state index in [0.29, 0.717) is 12.5 Å². The van der Waals surface area contributed by atoms with Crippen molar-refractivity contribution in [1.29, 1.82) is 0 Å². The number of benzene rings is 2. The highest BCUT2D eigenvalue weighted by Crippen LogP contribution is 2.33. The van der Waals surface area contributed by atoms with Gasteiger partial charge in [0.15, 0.2) is 0 Å². The van der Waals surface area contributed by atoms with Gasteiger partial charge in [-0.05, 0) is 61.7 Å². The Morgan fingerprint density at radius 1 is 1.07 bits per heavy atom. The predicted molar refractivity (Wildman–Crippen MR) is 115 cm³/mol. The molecule has 1 aliphatic carbocycles. The van der Waals surface area contributed by atoms with Crippen LogP contribution in [0, 0.1) is 5.82 Å². The Kier molecular flexibility index (Phi) is 6.14. The van der Waals surface area contributed by atoms with E-state index < -0.39 is 0 Å². The molecule has 0 unspecified atom stereocenters. The Hall–Kier alpha value is -2.40. The molecule has 0 radical (unpaired) electrons. The van der Waals surface area contributed by atoms with Crippen LogP contribution in [-0.4, -0.2) is 55.5 Å². The topological polar surface area (TPSA) is 26.8 Å². The number of amides is 1. The lowest BCUT2D eigenvalue weighted by Gasteiger charge is -2.37. The minimum absolute atomic E-state index is 0.215. The van der Waals surface area contributed by atoms with Crippen molar-refractivity contribution >= 4 is 11.6 Å². The summed E-state index contributed by atoms with van der Waals surface area (Å²) in [7, 11) is 2.15. The Balaban J connectivity index is 1.27. The summed E-state index contributed by atoms with van der Waals surface area (Å²) in [5.74, 6) is 0.0203. The lowest BCUT2D eigenvalue weighted by molar-refractivity contribution is -0.131. The van der Waals surface area contributed by atoms with Crippen LogP contribution in [-0.2, 0) is 11.2 Å². The Bertz CT molecular complexity index is 830. The maximum absolute atomic E-state index is 13.1. The van der Waals surface area contributed by atoms with Gasteiger partial charge in [-0.1, -0.05) is 24.3 Å². The molecular weight excluding hydrogens is 365 g/mol. The van der Waals surface area contributed by atoms with E-state index in [1.54, 1.807) is 0 Å². The van der Waals surface area contributed by atoms with Crippen LogP contribution in [0.1, 0.15) is 36.4 Å². The van der Waals surface area contributed by atoms with Gasteiger partial charge in [0.05, 0.1) is 0 Å². The number of halogens is 1. The fourth-order valence-electron chi connectivity index (χ4n) is 4.64. The molecule has 5 heteroatoms. The molecule has 154 valence electrons. The fraction of sp³-hybridized carbons (Fsp3) is 0.458. The molecule has 0 aromatic heterocycles. The van der Waals surface area contributed by atoms with Gasteiger partial charge in [0.2, 0.25) is 5.91 Å². The van der Waals surface area contributed by atoms with Crippen LogP contribution in [0.15, 0.2) is 48.5 Å². The summed E-state index contributed by atoms with van der Waals surface area (Å²) in [6.45, 7) is 3.83. The lowest BCUT2D eigenvalue weighted by Crippen LogP contribution is -2.49. The molecule has 0 bridgehead atoms. The van der Waals surface area contributed by atoms with E-state index in [0.717, 1.165) is 51.3 Å². The van der Waals surface area contributed by atoms with Crippen LogP contribution in [0.4, 0.5) is 10.1 Å². The van der Waals surface area contributed by atoms with Crippen LogP contribution in [0.25, 0.3) is 0 Å². The lowest BCUT2D eigenvalue weighted by atomic mass is 9.87. The van der Waals surface area contributed by atoms with E-state index in [1.807, 2.05) is 17.0 Å². The minimum atomic E-state index is -0.215. The summed E-state index contributed by atoms with van der Waals surface area (Å²) in [4.78, 5) is 19.3. The molecule has 1 saturated heterocycles. The van der Waals surface area contributed by atoms with Gasteiger partial charge in [0.25, 0.3) is 0 Å².